The van der Waals surface area contributed by atoms with Crippen LogP contribution >= 0.6 is 11.6 Å². The molecule has 2 heteroatoms. The molecule has 0 aliphatic carbocycles. The van der Waals surface area contributed by atoms with Gasteiger partial charge in [0, 0.05) is 22.5 Å². The Hall–Kier alpha value is -1.39. The van der Waals surface area contributed by atoms with Crippen LogP contribution in [-0.4, -0.2) is 4.98 Å². The van der Waals surface area contributed by atoms with Crippen molar-refractivity contribution in [2.45, 2.75) is 40.5 Å². The van der Waals surface area contributed by atoms with E-state index in [0.717, 1.165) is 12.3 Å². The number of aryl methyl sites for hydroxylation is 2. The fourth-order valence-corrected chi connectivity index (χ4v) is 1.50. The summed E-state index contributed by atoms with van der Waals surface area (Å²) in [4.78, 5) is 3.14. The SMILES string of the molecule is C#C/C=C(Cl)\C=C/CC(C)CC.Cc1ccc(C)[nH]1. The van der Waals surface area contributed by atoms with Crippen LogP contribution in [-0.2, 0) is 0 Å². The lowest BCUT2D eigenvalue weighted by Gasteiger charge is -2.01. The van der Waals surface area contributed by atoms with Crippen molar-refractivity contribution in [3.8, 4) is 12.3 Å². The van der Waals surface area contributed by atoms with Crippen LogP contribution in [0.15, 0.2) is 35.4 Å². The second-order valence-electron chi connectivity index (χ2n) is 4.67. The van der Waals surface area contributed by atoms with Crippen molar-refractivity contribution in [2.75, 3.05) is 0 Å². The molecule has 0 radical (unpaired) electrons. The predicted molar refractivity (Wildman–Crippen MR) is 86.2 cm³/mol. The van der Waals surface area contributed by atoms with Crippen LogP contribution in [0.3, 0.4) is 0 Å². The number of hydrogen-bond acceptors (Lipinski definition) is 0. The molecule has 1 rings (SSSR count). The second-order valence-corrected chi connectivity index (χ2v) is 5.11. The molecule has 0 bridgehead atoms. The Labute approximate surface area is 122 Å². The third kappa shape index (κ3) is 10.2. The summed E-state index contributed by atoms with van der Waals surface area (Å²) in [7, 11) is 0. The molecule has 1 aromatic rings. The van der Waals surface area contributed by atoms with Gasteiger partial charge in [-0.3, -0.25) is 0 Å². The number of allylic oxidation sites excluding steroid dienone is 4. The van der Waals surface area contributed by atoms with E-state index in [1.165, 1.54) is 17.8 Å². The number of halogens is 1. The van der Waals surface area contributed by atoms with Gasteiger partial charge in [-0.25, -0.2) is 0 Å². The summed E-state index contributed by atoms with van der Waals surface area (Å²) in [5.41, 5.74) is 2.47. The Morgan fingerprint density at radius 1 is 1.42 bits per heavy atom. The van der Waals surface area contributed by atoms with Crippen LogP contribution in [0.5, 0.6) is 0 Å². The van der Waals surface area contributed by atoms with Gasteiger partial charge in [0.05, 0.1) is 0 Å². The molecule has 0 fully saturated rings. The highest BCUT2D eigenvalue weighted by Gasteiger charge is 1.93. The van der Waals surface area contributed by atoms with E-state index in [0.29, 0.717) is 5.03 Å². The van der Waals surface area contributed by atoms with E-state index in [9.17, 15) is 0 Å². The first-order valence-corrected chi connectivity index (χ1v) is 6.97. The molecule has 19 heavy (non-hydrogen) atoms. The summed E-state index contributed by atoms with van der Waals surface area (Å²) in [5, 5.41) is 0.626. The van der Waals surface area contributed by atoms with Gasteiger partial charge in [-0.05, 0) is 44.4 Å². The first-order chi connectivity index (χ1) is 8.99. The molecule has 1 nitrogen and oxygen atoms in total. The number of nitrogens with one attached hydrogen (secondary N) is 1. The monoisotopic (exact) mass is 277 g/mol. The average Bonchev–Trinajstić information content (AvgIpc) is 2.74. The van der Waals surface area contributed by atoms with Gasteiger partial charge in [0.25, 0.3) is 0 Å². The zero-order valence-corrected chi connectivity index (χ0v) is 13.1. The molecule has 0 saturated carbocycles. The minimum Gasteiger partial charge on any atom is -0.363 e. The van der Waals surface area contributed by atoms with Gasteiger partial charge in [0.2, 0.25) is 0 Å². The summed E-state index contributed by atoms with van der Waals surface area (Å²) in [6.45, 7) is 8.49. The lowest BCUT2D eigenvalue weighted by atomic mass is 10.1. The van der Waals surface area contributed by atoms with Crippen molar-refractivity contribution in [1.29, 1.82) is 0 Å². The van der Waals surface area contributed by atoms with Crippen LogP contribution in [0.2, 0.25) is 0 Å². The number of aromatic nitrogens is 1. The number of hydrogen-bond donors (Lipinski definition) is 1. The van der Waals surface area contributed by atoms with E-state index in [1.54, 1.807) is 6.08 Å². The zero-order valence-electron chi connectivity index (χ0n) is 12.3. The molecular formula is C17H24ClN. The standard InChI is InChI=1S/C11H15Cl.C6H9N/c1-4-7-11(12)9-6-8-10(3)5-2;1-5-3-4-6(2)7-5/h1,6-7,9-10H,5,8H2,2-3H3;3-4,7H,1-2H3/b9-6-,11-7+;. The van der Waals surface area contributed by atoms with E-state index < -0.39 is 0 Å². The van der Waals surface area contributed by atoms with Gasteiger partial charge in [-0.1, -0.05) is 43.9 Å². The van der Waals surface area contributed by atoms with Crippen LogP contribution in [0.1, 0.15) is 38.1 Å². The first kappa shape index (κ1) is 17.6. The summed E-state index contributed by atoms with van der Waals surface area (Å²) < 4.78 is 0. The van der Waals surface area contributed by atoms with Gasteiger partial charge in [0.15, 0.2) is 0 Å². The van der Waals surface area contributed by atoms with Gasteiger partial charge in [0.1, 0.15) is 0 Å². The molecule has 0 aliphatic heterocycles. The van der Waals surface area contributed by atoms with Crippen molar-refractivity contribution in [3.05, 3.63) is 46.8 Å². The highest BCUT2D eigenvalue weighted by molar-refractivity contribution is 6.31. The van der Waals surface area contributed by atoms with Gasteiger partial charge in [-0.15, -0.1) is 6.42 Å². The third-order valence-corrected chi connectivity index (χ3v) is 2.95. The van der Waals surface area contributed by atoms with Crippen molar-refractivity contribution < 1.29 is 0 Å². The summed E-state index contributed by atoms with van der Waals surface area (Å²) in [6.07, 6.45) is 12.8. The maximum atomic E-state index is 5.74. The molecule has 1 atom stereocenters. The number of H-pyrrole nitrogens is 1. The van der Waals surface area contributed by atoms with E-state index in [-0.39, 0.29) is 0 Å². The Bertz CT molecular complexity index is 430. The van der Waals surface area contributed by atoms with Crippen molar-refractivity contribution >= 4 is 11.6 Å². The molecule has 1 heterocycles. The minimum atomic E-state index is 0.626. The maximum absolute atomic E-state index is 5.74. The average molecular weight is 278 g/mol. The zero-order chi connectivity index (χ0) is 14.7. The fraction of sp³-hybridized carbons (Fsp3) is 0.412. The van der Waals surface area contributed by atoms with Crippen LogP contribution < -0.4 is 0 Å². The Morgan fingerprint density at radius 2 is 2.00 bits per heavy atom. The summed E-state index contributed by atoms with van der Waals surface area (Å²) in [5.74, 6) is 3.09. The number of terminal acetylenes is 1. The lowest BCUT2D eigenvalue weighted by molar-refractivity contribution is 0.572. The topological polar surface area (TPSA) is 15.8 Å². The molecule has 0 aliphatic rings. The second kappa shape index (κ2) is 10.5. The Morgan fingerprint density at radius 3 is 2.37 bits per heavy atom. The third-order valence-electron chi connectivity index (χ3n) is 2.71. The molecular weight excluding hydrogens is 254 g/mol. The predicted octanol–water partition coefficient (Wildman–Crippen LogP) is 5.37. The number of rotatable bonds is 4. The van der Waals surface area contributed by atoms with Gasteiger partial charge >= 0.3 is 0 Å². The van der Waals surface area contributed by atoms with Crippen LogP contribution in [0.25, 0.3) is 0 Å². The quantitative estimate of drug-likeness (QED) is 0.563. The molecule has 0 aromatic carbocycles. The first-order valence-electron chi connectivity index (χ1n) is 6.60. The largest absolute Gasteiger partial charge is 0.363 e. The van der Waals surface area contributed by atoms with Crippen molar-refractivity contribution in [2.24, 2.45) is 5.92 Å². The van der Waals surface area contributed by atoms with E-state index in [4.69, 9.17) is 18.0 Å². The fourth-order valence-electron chi connectivity index (χ4n) is 1.35. The highest BCUT2D eigenvalue weighted by atomic mass is 35.5. The van der Waals surface area contributed by atoms with E-state index in [1.807, 2.05) is 19.9 Å². The summed E-state index contributed by atoms with van der Waals surface area (Å²) in [6, 6.07) is 4.13. The molecule has 1 unspecified atom stereocenters. The lowest BCUT2D eigenvalue weighted by Crippen LogP contribution is -1.87. The maximum Gasteiger partial charge on any atom is 0.0486 e. The molecule has 104 valence electrons. The molecule has 0 spiro atoms. The van der Waals surface area contributed by atoms with Gasteiger partial charge < -0.3 is 4.98 Å². The Balaban J connectivity index is 0.000000388. The minimum absolute atomic E-state index is 0.626. The molecule has 1 N–H and O–H groups in total. The molecule has 0 saturated heterocycles. The molecule has 0 amide bonds. The normalized spacial score (nSPS) is 12.7. The van der Waals surface area contributed by atoms with Crippen LogP contribution in [0, 0.1) is 32.1 Å². The van der Waals surface area contributed by atoms with Gasteiger partial charge in [-0.2, -0.15) is 0 Å². The van der Waals surface area contributed by atoms with Crippen LogP contribution in [0.4, 0.5) is 0 Å². The molecule has 1 aromatic heterocycles. The van der Waals surface area contributed by atoms with E-state index in [2.05, 4.69) is 43.0 Å². The highest BCUT2D eigenvalue weighted by Crippen LogP contribution is 2.09. The Kier molecular flexibility index (Phi) is 9.75. The summed E-state index contributed by atoms with van der Waals surface area (Å²) >= 11 is 5.74. The number of aromatic amines is 1. The van der Waals surface area contributed by atoms with Crippen molar-refractivity contribution in [3.63, 3.8) is 0 Å². The van der Waals surface area contributed by atoms with E-state index >= 15 is 0 Å². The van der Waals surface area contributed by atoms with Crippen molar-refractivity contribution in [1.82, 2.24) is 4.98 Å². The smallest absolute Gasteiger partial charge is 0.0486 e.